The first-order valence-corrected chi connectivity index (χ1v) is 7.39. The zero-order valence-electron chi connectivity index (χ0n) is 11.8. The van der Waals surface area contributed by atoms with E-state index in [1.165, 1.54) is 12.0 Å². The standard InChI is InChI=1S/C15H24ClN3/c1-12(17)15(13-5-3-6-14(16)11-13)19-8-4-7-18(2)9-10-19/h3,5-6,11-12,15H,4,7-10,17H2,1-2H3. The second kappa shape index (κ2) is 6.71. The monoisotopic (exact) mass is 281 g/mol. The van der Waals surface area contributed by atoms with Gasteiger partial charge in [0, 0.05) is 36.7 Å². The number of nitrogens with two attached hydrogens (primary N) is 1. The Kier molecular flexibility index (Phi) is 5.22. The Morgan fingerprint density at radius 3 is 2.68 bits per heavy atom. The lowest BCUT2D eigenvalue weighted by Gasteiger charge is -2.33. The molecule has 1 fully saturated rings. The lowest BCUT2D eigenvalue weighted by molar-refractivity contribution is 0.182. The molecule has 2 N–H and O–H groups in total. The average Bonchev–Trinajstić information content (AvgIpc) is 2.55. The van der Waals surface area contributed by atoms with Crippen LogP contribution >= 0.6 is 11.6 Å². The summed E-state index contributed by atoms with van der Waals surface area (Å²) in [5, 5.41) is 0.787. The molecule has 1 aliphatic rings. The zero-order valence-corrected chi connectivity index (χ0v) is 12.6. The summed E-state index contributed by atoms with van der Waals surface area (Å²) < 4.78 is 0. The smallest absolute Gasteiger partial charge is 0.0497 e. The number of likely N-dealkylation sites (N-methyl/N-ethyl adjacent to an activating group) is 1. The summed E-state index contributed by atoms with van der Waals surface area (Å²) in [5.74, 6) is 0. The highest BCUT2D eigenvalue weighted by molar-refractivity contribution is 6.30. The van der Waals surface area contributed by atoms with Gasteiger partial charge in [0.25, 0.3) is 0 Å². The Hall–Kier alpha value is -0.610. The lowest BCUT2D eigenvalue weighted by atomic mass is 9.99. The summed E-state index contributed by atoms with van der Waals surface area (Å²) in [5.41, 5.74) is 7.47. The molecule has 0 spiro atoms. The minimum absolute atomic E-state index is 0.0990. The summed E-state index contributed by atoms with van der Waals surface area (Å²) in [6.07, 6.45) is 1.19. The molecule has 2 rings (SSSR count). The Balaban J connectivity index is 2.20. The Morgan fingerprint density at radius 1 is 1.21 bits per heavy atom. The molecule has 0 amide bonds. The summed E-state index contributed by atoms with van der Waals surface area (Å²) in [4.78, 5) is 4.88. The molecule has 0 aliphatic carbocycles. The van der Waals surface area contributed by atoms with Crippen molar-refractivity contribution in [3.05, 3.63) is 34.9 Å². The average molecular weight is 282 g/mol. The maximum Gasteiger partial charge on any atom is 0.0497 e. The van der Waals surface area contributed by atoms with E-state index in [9.17, 15) is 0 Å². The summed E-state index contributed by atoms with van der Waals surface area (Å²) in [6, 6.07) is 8.46. The fourth-order valence-electron chi connectivity index (χ4n) is 2.88. The third kappa shape index (κ3) is 3.93. The van der Waals surface area contributed by atoms with Crippen molar-refractivity contribution in [1.82, 2.24) is 9.80 Å². The van der Waals surface area contributed by atoms with Crippen LogP contribution in [0.2, 0.25) is 5.02 Å². The molecule has 1 saturated heterocycles. The number of hydrogen-bond acceptors (Lipinski definition) is 3. The summed E-state index contributed by atoms with van der Waals surface area (Å²) >= 11 is 6.12. The molecule has 1 aliphatic heterocycles. The Bertz CT molecular complexity index is 408. The first kappa shape index (κ1) is 14.8. The van der Waals surface area contributed by atoms with E-state index in [4.69, 9.17) is 17.3 Å². The molecule has 0 saturated carbocycles. The van der Waals surface area contributed by atoms with E-state index >= 15 is 0 Å². The molecule has 19 heavy (non-hydrogen) atoms. The first-order valence-electron chi connectivity index (χ1n) is 7.01. The van der Waals surface area contributed by atoms with Gasteiger partial charge in [0.2, 0.25) is 0 Å². The van der Waals surface area contributed by atoms with Gasteiger partial charge < -0.3 is 10.6 Å². The van der Waals surface area contributed by atoms with Gasteiger partial charge >= 0.3 is 0 Å². The maximum absolute atomic E-state index is 6.24. The van der Waals surface area contributed by atoms with Gasteiger partial charge in [0.1, 0.15) is 0 Å². The third-order valence-corrected chi connectivity index (χ3v) is 4.07. The fourth-order valence-corrected chi connectivity index (χ4v) is 3.08. The SMILES string of the molecule is CC(N)C(c1cccc(Cl)c1)N1CCCN(C)CC1. The van der Waals surface area contributed by atoms with Crippen LogP contribution in [0.25, 0.3) is 0 Å². The van der Waals surface area contributed by atoms with E-state index in [2.05, 4.69) is 29.8 Å². The van der Waals surface area contributed by atoms with Crippen LogP contribution in [-0.2, 0) is 0 Å². The number of hydrogen-bond donors (Lipinski definition) is 1. The Morgan fingerprint density at radius 2 is 2.00 bits per heavy atom. The molecule has 106 valence electrons. The topological polar surface area (TPSA) is 32.5 Å². The van der Waals surface area contributed by atoms with E-state index in [-0.39, 0.29) is 12.1 Å². The number of nitrogens with zero attached hydrogens (tertiary/aromatic N) is 2. The molecule has 1 aromatic rings. The van der Waals surface area contributed by atoms with Crippen molar-refractivity contribution in [2.75, 3.05) is 33.2 Å². The minimum atomic E-state index is 0.0990. The molecular formula is C15H24ClN3. The quantitative estimate of drug-likeness (QED) is 0.923. The van der Waals surface area contributed by atoms with E-state index in [1.807, 2.05) is 18.2 Å². The van der Waals surface area contributed by atoms with Gasteiger partial charge in [-0.05, 0) is 44.6 Å². The van der Waals surface area contributed by atoms with Crippen LogP contribution in [0.15, 0.2) is 24.3 Å². The largest absolute Gasteiger partial charge is 0.326 e. The van der Waals surface area contributed by atoms with Crippen molar-refractivity contribution in [3.63, 3.8) is 0 Å². The van der Waals surface area contributed by atoms with Crippen molar-refractivity contribution in [1.29, 1.82) is 0 Å². The van der Waals surface area contributed by atoms with Crippen LogP contribution in [-0.4, -0.2) is 49.1 Å². The third-order valence-electron chi connectivity index (χ3n) is 3.84. The predicted molar refractivity (Wildman–Crippen MR) is 81.5 cm³/mol. The molecule has 1 heterocycles. The molecular weight excluding hydrogens is 258 g/mol. The van der Waals surface area contributed by atoms with Crippen LogP contribution < -0.4 is 5.73 Å². The van der Waals surface area contributed by atoms with Crippen LogP contribution in [0.1, 0.15) is 24.9 Å². The van der Waals surface area contributed by atoms with Gasteiger partial charge in [0.05, 0.1) is 0 Å². The highest BCUT2D eigenvalue weighted by Crippen LogP contribution is 2.26. The van der Waals surface area contributed by atoms with Gasteiger partial charge in [-0.2, -0.15) is 0 Å². The number of rotatable bonds is 3. The van der Waals surface area contributed by atoms with Crippen LogP contribution in [0.4, 0.5) is 0 Å². The van der Waals surface area contributed by atoms with E-state index in [0.717, 1.165) is 31.2 Å². The first-order chi connectivity index (χ1) is 9.08. The van der Waals surface area contributed by atoms with E-state index in [0.29, 0.717) is 0 Å². The molecule has 0 radical (unpaired) electrons. The van der Waals surface area contributed by atoms with Crippen molar-refractivity contribution >= 4 is 11.6 Å². The number of benzene rings is 1. The van der Waals surface area contributed by atoms with Gasteiger partial charge in [-0.25, -0.2) is 0 Å². The minimum Gasteiger partial charge on any atom is -0.326 e. The lowest BCUT2D eigenvalue weighted by Crippen LogP contribution is -2.41. The van der Waals surface area contributed by atoms with Crippen molar-refractivity contribution in [3.8, 4) is 0 Å². The Labute approximate surface area is 121 Å². The highest BCUT2D eigenvalue weighted by atomic mass is 35.5. The molecule has 0 aromatic heterocycles. The normalized spacial score (nSPS) is 21.9. The van der Waals surface area contributed by atoms with Crippen molar-refractivity contribution < 1.29 is 0 Å². The molecule has 2 unspecified atom stereocenters. The predicted octanol–water partition coefficient (Wildman–Crippen LogP) is 2.37. The van der Waals surface area contributed by atoms with Gasteiger partial charge in [-0.1, -0.05) is 23.7 Å². The highest BCUT2D eigenvalue weighted by Gasteiger charge is 2.25. The molecule has 3 nitrogen and oxygen atoms in total. The van der Waals surface area contributed by atoms with Crippen molar-refractivity contribution in [2.24, 2.45) is 5.73 Å². The molecule has 0 bridgehead atoms. The molecule has 4 heteroatoms. The van der Waals surface area contributed by atoms with E-state index in [1.54, 1.807) is 0 Å². The van der Waals surface area contributed by atoms with Gasteiger partial charge in [-0.15, -0.1) is 0 Å². The summed E-state index contributed by atoms with van der Waals surface area (Å²) in [6.45, 7) is 6.51. The van der Waals surface area contributed by atoms with Crippen LogP contribution in [0.3, 0.4) is 0 Å². The van der Waals surface area contributed by atoms with Crippen molar-refractivity contribution in [2.45, 2.75) is 25.4 Å². The second-order valence-electron chi connectivity index (χ2n) is 5.55. The van der Waals surface area contributed by atoms with E-state index < -0.39 is 0 Å². The van der Waals surface area contributed by atoms with Gasteiger partial charge in [-0.3, -0.25) is 4.90 Å². The van der Waals surface area contributed by atoms with Crippen LogP contribution in [0, 0.1) is 0 Å². The van der Waals surface area contributed by atoms with Crippen LogP contribution in [0.5, 0.6) is 0 Å². The second-order valence-corrected chi connectivity index (χ2v) is 5.99. The number of halogens is 1. The fraction of sp³-hybridized carbons (Fsp3) is 0.600. The zero-order chi connectivity index (χ0) is 13.8. The van der Waals surface area contributed by atoms with Gasteiger partial charge in [0.15, 0.2) is 0 Å². The maximum atomic E-state index is 6.24. The molecule has 1 aromatic carbocycles. The molecule has 2 atom stereocenters. The summed E-state index contributed by atoms with van der Waals surface area (Å²) in [7, 11) is 2.18.